The van der Waals surface area contributed by atoms with Gasteiger partial charge in [0, 0.05) is 19.1 Å². The van der Waals surface area contributed by atoms with Crippen LogP contribution in [-0.4, -0.2) is 47.2 Å². The molecule has 0 saturated heterocycles. The van der Waals surface area contributed by atoms with E-state index in [-0.39, 0.29) is 35.6 Å². The number of Topliss-reactive ketones (excluding diaryl/α,β-unsaturated/α-hetero) is 1. The molecule has 1 saturated carbocycles. The molecule has 2 aliphatic carbocycles. The maximum atomic E-state index is 11.6. The number of aliphatic hydroxyl groups is 3. The molecule has 0 aromatic rings. The van der Waals surface area contributed by atoms with E-state index in [0.717, 1.165) is 26.4 Å². The fourth-order valence-corrected chi connectivity index (χ4v) is 4.70. The van der Waals surface area contributed by atoms with Crippen molar-refractivity contribution < 1.29 is 24.9 Å². The standard InChI is InChI=1S/C20H32O2.C3H6O2.CH4O/c1-5-9-19(3,11-12-21)15(2)16-6-7-17-13-18(22)8-10-20(17,4)14-16;1-3(5)2-4;1-2/h8,10,13,15-16,21H,5-7,9,11-12,14H2,1-4H3;4H,2H2,1H3;2H,1H3. The molecule has 0 heterocycles. The molecule has 0 aliphatic heterocycles. The van der Waals surface area contributed by atoms with Gasteiger partial charge in [-0.05, 0) is 68.4 Å². The molecule has 0 bridgehead atoms. The van der Waals surface area contributed by atoms with Gasteiger partial charge in [-0.2, -0.15) is 0 Å². The summed E-state index contributed by atoms with van der Waals surface area (Å²) in [5, 5.41) is 24.3. The molecule has 0 radical (unpaired) electrons. The summed E-state index contributed by atoms with van der Waals surface area (Å²) in [4.78, 5) is 21.2. The Morgan fingerprint density at radius 3 is 2.38 bits per heavy atom. The van der Waals surface area contributed by atoms with Gasteiger partial charge in [0.2, 0.25) is 0 Å². The van der Waals surface area contributed by atoms with Crippen LogP contribution in [0.4, 0.5) is 0 Å². The first kappa shape index (κ1) is 27.7. The smallest absolute Gasteiger partial charge is 0.178 e. The van der Waals surface area contributed by atoms with E-state index in [1.807, 2.05) is 6.08 Å². The number of allylic oxidation sites excluding steroid dienone is 4. The average Bonchev–Trinajstić information content (AvgIpc) is 2.69. The Labute approximate surface area is 176 Å². The molecule has 1 fully saturated rings. The van der Waals surface area contributed by atoms with Crippen molar-refractivity contribution in [3.8, 4) is 0 Å². The summed E-state index contributed by atoms with van der Waals surface area (Å²) in [5.74, 6) is 1.23. The van der Waals surface area contributed by atoms with Crippen LogP contribution in [0.5, 0.6) is 0 Å². The van der Waals surface area contributed by atoms with Crippen LogP contribution in [0.25, 0.3) is 0 Å². The largest absolute Gasteiger partial charge is 0.400 e. The number of carbonyl (C=O) groups excluding carboxylic acids is 2. The van der Waals surface area contributed by atoms with Crippen molar-refractivity contribution in [3.63, 3.8) is 0 Å². The zero-order valence-corrected chi connectivity index (χ0v) is 19.2. The van der Waals surface area contributed by atoms with Crippen molar-refractivity contribution in [2.75, 3.05) is 20.3 Å². The summed E-state index contributed by atoms with van der Waals surface area (Å²) in [6.07, 6.45) is 12.3. The highest BCUT2D eigenvalue weighted by molar-refractivity contribution is 6.01. The van der Waals surface area contributed by atoms with E-state index in [9.17, 15) is 14.7 Å². The van der Waals surface area contributed by atoms with Crippen molar-refractivity contribution in [1.82, 2.24) is 0 Å². The SMILES string of the molecule is CC(=O)CO.CCCC(C)(CCO)C(C)C1CCC2=CC(=O)C=CC2(C)C1.CO. The van der Waals surface area contributed by atoms with Crippen LogP contribution in [-0.2, 0) is 9.59 Å². The molecular weight excluding hydrogens is 368 g/mol. The number of aliphatic hydroxyl groups excluding tert-OH is 3. The van der Waals surface area contributed by atoms with Gasteiger partial charge in [-0.1, -0.05) is 45.8 Å². The number of rotatable bonds is 7. The third kappa shape index (κ3) is 8.15. The first-order chi connectivity index (χ1) is 13.6. The Balaban J connectivity index is 0.000000977. The maximum Gasteiger partial charge on any atom is 0.178 e. The van der Waals surface area contributed by atoms with E-state index in [2.05, 4.69) is 33.8 Å². The highest BCUT2D eigenvalue weighted by atomic mass is 16.3. The van der Waals surface area contributed by atoms with Gasteiger partial charge in [-0.3, -0.25) is 9.59 Å². The van der Waals surface area contributed by atoms with E-state index in [4.69, 9.17) is 10.2 Å². The summed E-state index contributed by atoms with van der Waals surface area (Å²) < 4.78 is 0. The van der Waals surface area contributed by atoms with Gasteiger partial charge in [0.25, 0.3) is 0 Å². The maximum absolute atomic E-state index is 11.6. The third-order valence-corrected chi connectivity index (χ3v) is 6.67. The van der Waals surface area contributed by atoms with Gasteiger partial charge in [0.05, 0.1) is 0 Å². The van der Waals surface area contributed by atoms with Crippen LogP contribution in [0.3, 0.4) is 0 Å². The second-order valence-electron chi connectivity index (χ2n) is 8.85. The Kier molecular flexibility index (Phi) is 12.5. The van der Waals surface area contributed by atoms with Crippen molar-refractivity contribution in [3.05, 3.63) is 23.8 Å². The molecule has 2 aliphatic rings. The quantitative estimate of drug-likeness (QED) is 0.592. The Hall–Kier alpha value is -1.30. The van der Waals surface area contributed by atoms with Gasteiger partial charge in [0.1, 0.15) is 6.61 Å². The Morgan fingerprint density at radius 1 is 1.31 bits per heavy atom. The lowest BCUT2D eigenvalue weighted by Gasteiger charge is -2.47. The first-order valence-corrected chi connectivity index (χ1v) is 10.7. The average molecular weight is 411 g/mol. The predicted molar refractivity (Wildman–Crippen MR) is 117 cm³/mol. The topological polar surface area (TPSA) is 94.8 Å². The monoisotopic (exact) mass is 410 g/mol. The number of carbonyl (C=O) groups is 2. The fraction of sp³-hybridized carbons (Fsp3) is 0.750. The zero-order chi connectivity index (χ0) is 22.7. The molecule has 0 aromatic carbocycles. The van der Waals surface area contributed by atoms with E-state index >= 15 is 0 Å². The minimum atomic E-state index is -0.333. The minimum Gasteiger partial charge on any atom is -0.400 e. The molecule has 0 amide bonds. The molecule has 0 aromatic heterocycles. The molecule has 0 spiro atoms. The van der Waals surface area contributed by atoms with Gasteiger partial charge >= 0.3 is 0 Å². The highest BCUT2D eigenvalue weighted by Gasteiger charge is 2.42. The van der Waals surface area contributed by atoms with Gasteiger partial charge < -0.3 is 15.3 Å². The number of ketones is 2. The van der Waals surface area contributed by atoms with E-state index in [1.54, 1.807) is 6.08 Å². The lowest BCUT2D eigenvalue weighted by Crippen LogP contribution is -2.38. The van der Waals surface area contributed by atoms with Crippen molar-refractivity contribution >= 4 is 11.6 Å². The Morgan fingerprint density at radius 2 is 1.90 bits per heavy atom. The summed E-state index contributed by atoms with van der Waals surface area (Å²) >= 11 is 0. The van der Waals surface area contributed by atoms with Crippen LogP contribution in [0.1, 0.15) is 73.1 Å². The molecule has 5 nitrogen and oxygen atoms in total. The highest BCUT2D eigenvalue weighted by Crippen LogP contribution is 2.52. The minimum absolute atomic E-state index is 0.0669. The molecule has 4 unspecified atom stereocenters. The number of hydrogen-bond donors (Lipinski definition) is 3. The molecule has 29 heavy (non-hydrogen) atoms. The summed E-state index contributed by atoms with van der Waals surface area (Å²) in [6, 6.07) is 0. The molecule has 168 valence electrons. The van der Waals surface area contributed by atoms with Crippen LogP contribution < -0.4 is 0 Å². The van der Waals surface area contributed by atoms with Crippen LogP contribution in [0.2, 0.25) is 0 Å². The van der Waals surface area contributed by atoms with Crippen molar-refractivity contribution in [2.45, 2.75) is 73.1 Å². The zero-order valence-electron chi connectivity index (χ0n) is 19.2. The van der Waals surface area contributed by atoms with Crippen LogP contribution >= 0.6 is 0 Å². The molecule has 5 heteroatoms. The normalized spacial score (nSPS) is 25.9. The molecule has 4 atom stereocenters. The summed E-state index contributed by atoms with van der Waals surface area (Å²) in [6.45, 7) is 10.5. The molecule has 3 N–H and O–H groups in total. The van der Waals surface area contributed by atoms with Crippen molar-refractivity contribution in [2.24, 2.45) is 22.7 Å². The second-order valence-corrected chi connectivity index (χ2v) is 8.85. The molecule has 2 rings (SSSR count). The second kappa shape index (κ2) is 13.1. The Bertz CT molecular complexity index is 572. The summed E-state index contributed by atoms with van der Waals surface area (Å²) in [7, 11) is 1.00. The number of fused-ring (bicyclic) bond motifs is 1. The first-order valence-electron chi connectivity index (χ1n) is 10.7. The fourth-order valence-electron chi connectivity index (χ4n) is 4.70. The van der Waals surface area contributed by atoms with Gasteiger partial charge in [-0.25, -0.2) is 0 Å². The third-order valence-electron chi connectivity index (χ3n) is 6.67. The van der Waals surface area contributed by atoms with Gasteiger partial charge in [0.15, 0.2) is 11.6 Å². The number of hydrogen-bond acceptors (Lipinski definition) is 5. The van der Waals surface area contributed by atoms with Crippen LogP contribution in [0.15, 0.2) is 23.8 Å². The van der Waals surface area contributed by atoms with E-state index in [0.29, 0.717) is 11.8 Å². The van der Waals surface area contributed by atoms with Crippen LogP contribution in [0, 0.1) is 22.7 Å². The van der Waals surface area contributed by atoms with E-state index < -0.39 is 0 Å². The predicted octanol–water partition coefficient (Wildman–Crippen LogP) is 3.86. The van der Waals surface area contributed by atoms with E-state index in [1.165, 1.54) is 31.8 Å². The summed E-state index contributed by atoms with van der Waals surface area (Å²) in [5.41, 5.74) is 1.61. The lowest BCUT2D eigenvalue weighted by molar-refractivity contribution is -0.119. The lowest BCUT2D eigenvalue weighted by atomic mass is 9.58. The molecular formula is C24H42O5. The van der Waals surface area contributed by atoms with Crippen molar-refractivity contribution in [1.29, 1.82) is 0 Å². The van der Waals surface area contributed by atoms with Gasteiger partial charge in [-0.15, -0.1) is 0 Å².